The van der Waals surface area contributed by atoms with Crippen molar-refractivity contribution in [3.63, 3.8) is 0 Å². The summed E-state index contributed by atoms with van der Waals surface area (Å²) in [5, 5.41) is 18.4. The summed E-state index contributed by atoms with van der Waals surface area (Å²) in [5.74, 6) is -1.04. The van der Waals surface area contributed by atoms with E-state index in [0.29, 0.717) is 5.75 Å². The molecule has 3 N–H and O–H groups in total. The van der Waals surface area contributed by atoms with Crippen molar-refractivity contribution in [2.45, 2.75) is 64.8 Å². The summed E-state index contributed by atoms with van der Waals surface area (Å²) in [7, 11) is 1.24. The van der Waals surface area contributed by atoms with Crippen LogP contribution in [-0.4, -0.2) is 71.2 Å². The van der Waals surface area contributed by atoms with Gasteiger partial charge >= 0.3 is 5.97 Å². The first-order valence-corrected chi connectivity index (χ1v) is 13.4. The van der Waals surface area contributed by atoms with Gasteiger partial charge in [0.2, 0.25) is 11.8 Å². The maximum Gasteiger partial charge on any atom is 0.328 e. The number of H-pyrrole nitrogens is 1. The lowest BCUT2D eigenvalue weighted by Gasteiger charge is -2.30. The molecule has 1 aromatic carbocycles. The Labute approximate surface area is 227 Å². The normalized spacial score (nSPS) is 14.3. The van der Waals surface area contributed by atoms with Crippen LogP contribution in [-0.2, 0) is 30.3 Å². The smallest absolute Gasteiger partial charge is 0.328 e. The zero-order valence-electron chi connectivity index (χ0n) is 22.8. The maximum absolute atomic E-state index is 13.0. The number of para-hydroxylation sites is 1. The lowest BCUT2D eigenvalue weighted by Crippen LogP contribution is -2.53. The quantitative estimate of drug-likeness (QED) is 0.160. The van der Waals surface area contributed by atoms with Crippen LogP contribution in [0, 0.1) is 0 Å². The van der Waals surface area contributed by atoms with Crippen LogP contribution in [0.15, 0.2) is 47.6 Å². The number of methoxy groups -OCH3 is 1. The van der Waals surface area contributed by atoms with E-state index in [0.717, 1.165) is 22.0 Å². The number of nitrogens with one attached hydrogen (secondary N) is 3. The van der Waals surface area contributed by atoms with Gasteiger partial charge in [0.05, 0.1) is 7.11 Å². The summed E-state index contributed by atoms with van der Waals surface area (Å²) in [6.45, 7) is 12.3. The van der Waals surface area contributed by atoms with Crippen molar-refractivity contribution in [3.8, 4) is 0 Å². The Morgan fingerprint density at radius 3 is 2.50 bits per heavy atom. The van der Waals surface area contributed by atoms with Gasteiger partial charge in [-0.3, -0.25) is 14.6 Å². The molecule has 11 heteroatoms. The molecule has 0 spiro atoms. The van der Waals surface area contributed by atoms with Crippen molar-refractivity contribution in [1.82, 2.24) is 15.6 Å². The molecule has 1 heterocycles. The molecule has 0 radical (unpaired) electrons. The van der Waals surface area contributed by atoms with Crippen LogP contribution >= 0.6 is 11.8 Å². The molecule has 2 aromatic rings. The Balaban J connectivity index is 2.11. The number of aliphatic imine (C=N–C) groups is 1. The fourth-order valence-electron chi connectivity index (χ4n) is 3.46. The SMILES string of the molecule is C=C(C)CSC[C@H](N=C([O-])OC(C)(C)C)C(=O)N[C@@H](C)C(=O)N[C@H](Cc1c[nH]c2ccccc12)C(=O)OC. The predicted molar refractivity (Wildman–Crippen MR) is 148 cm³/mol. The minimum atomic E-state index is -1.08. The van der Waals surface area contributed by atoms with Crippen LogP contribution in [0.5, 0.6) is 0 Å². The standard InChI is InChI=1S/C27H38N4O6S/c1-16(2)14-38-15-22(31-26(35)37-27(4,5)6)24(33)29-17(3)23(32)30-21(25(34)36-7)12-18-13-28-20-11-9-8-10-19(18)20/h8-11,13,17,21-22,28H,1,12,14-15H2,2-7H3,(H,29,33)(H,30,32)(H,31,35)/p-1/t17-,21+,22-/m0/s1. The van der Waals surface area contributed by atoms with Gasteiger partial charge in [0.15, 0.2) is 0 Å². The summed E-state index contributed by atoms with van der Waals surface area (Å²) >= 11 is 1.39. The summed E-state index contributed by atoms with van der Waals surface area (Å²) in [6.07, 6.45) is 1.11. The van der Waals surface area contributed by atoms with E-state index in [1.54, 1.807) is 27.0 Å². The van der Waals surface area contributed by atoms with Gasteiger partial charge in [-0.2, -0.15) is 11.8 Å². The van der Waals surface area contributed by atoms with Crippen LogP contribution in [0.3, 0.4) is 0 Å². The number of nitrogens with zero attached hydrogens (tertiary/aromatic N) is 1. The molecule has 0 aliphatic heterocycles. The van der Waals surface area contributed by atoms with Crippen molar-refractivity contribution in [1.29, 1.82) is 0 Å². The van der Waals surface area contributed by atoms with Crippen molar-refractivity contribution in [2.75, 3.05) is 18.6 Å². The molecular formula is C27H37N4O6S-. The predicted octanol–water partition coefficient (Wildman–Crippen LogP) is 2.08. The van der Waals surface area contributed by atoms with Gasteiger partial charge in [0.1, 0.15) is 24.2 Å². The van der Waals surface area contributed by atoms with E-state index in [-0.39, 0.29) is 12.2 Å². The average molecular weight is 546 g/mol. The number of rotatable bonds is 12. The van der Waals surface area contributed by atoms with Crippen molar-refractivity contribution in [3.05, 3.63) is 48.2 Å². The third-order valence-electron chi connectivity index (χ3n) is 5.23. The molecule has 0 unspecified atom stereocenters. The molecule has 2 amide bonds. The second kappa shape index (κ2) is 13.9. The molecule has 0 aliphatic carbocycles. The number of esters is 1. The van der Waals surface area contributed by atoms with Crippen LogP contribution in [0.4, 0.5) is 0 Å². The van der Waals surface area contributed by atoms with Crippen LogP contribution in [0.25, 0.3) is 10.9 Å². The fourth-order valence-corrected chi connectivity index (χ4v) is 4.38. The average Bonchev–Trinajstić information content (AvgIpc) is 3.23. The van der Waals surface area contributed by atoms with Gasteiger partial charge < -0.3 is 30.2 Å². The summed E-state index contributed by atoms with van der Waals surface area (Å²) in [6, 6.07) is 4.55. The number of benzene rings is 1. The van der Waals surface area contributed by atoms with Crippen LogP contribution in [0.1, 0.15) is 40.2 Å². The largest absolute Gasteiger partial charge is 0.595 e. The number of hydrogen-bond acceptors (Lipinski definition) is 8. The number of aromatic nitrogens is 1. The highest BCUT2D eigenvalue weighted by molar-refractivity contribution is 7.99. The van der Waals surface area contributed by atoms with E-state index < -0.39 is 47.6 Å². The van der Waals surface area contributed by atoms with Gasteiger partial charge in [0, 0.05) is 40.6 Å². The monoisotopic (exact) mass is 545 g/mol. The number of ether oxygens (including phenoxy) is 2. The zero-order valence-corrected chi connectivity index (χ0v) is 23.6. The first-order chi connectivity index (χ1) is 17.8. The summed E-state index contributed by atoms with van der Waals surface area (Å²) < 4.78 is 10.1. The number of hydrogen-bond donors (Lipinski definition) is 3. The van der Waals surface area contributed by atoms with Gasteiger partial charge in [-0.1, -0.05) is 51.1 Å². The van der Waals surface area contributed by atoms with E-state index in [4.69, 9.17) is 9.47 Å². The van der Waals surface area contributed by atoms with Crippen molar-refractivity contribution in [2.24, 2.45) is 4.99 Å². The topological polar surface area (TPSA) is 145 Å². The summed E-state index contributed by atoms with van der Waals surface area (Å²) in [5.41, 5.74) is 1.87. The van der Waals surface area contributed by atoms with E-state index >= 15 is 0 Å². The number of carbonyl (C=O) groups is 3. The third-order valence-corrected chi connectivity index (χ3v) is 6.48. The van der Waals surface area contributed by atoms with Gasteiger partial charge in [-0.25, -0.2) is 4.79 Å². The van der Waals surface area contributed by atoms with Crippen molar-refractivity contribution < 1.29 is 29.0 Å². The molecule has 1 aromatic heterocycles. The molecule has 0 fully saturated rings. The molecular weight excluding hydrogens is 508 g/mol. The molecule has 2 rings (SSSR count). The first-order valence-electron chi connectivity index (χ1n) is 12.2. The molecule has 10 nitrogen and oxygen atoms in total. The first kappa shape index (κ1) is 30.8. The lowest BCUT2D eigenvalue weighted by atomic mass is 10.0. The van der Waals surface area contributed by atoms with Crippen LogP contribution in [0.2, 0.25) is 0 Å². The highest BCUT2D eigenvalue weighted by atomic mass is 32.2. The fraction of sp³-hybridized carbons (Fsp3) is 0.481. The molecule has 3 atom stereocenters. The highest BCUT2D eigenvalue weighted by Gasteiger charge is 2.28. The number of thioether (sulfide) groups is 1. The van der Waals surface area contributed by atoms with Crippen LogP contribution < -0.4 is 15.7 Å². The number of carbonyl (C=O) groups excluding carboxylic acids is 3. The number of fused-ring (bicyclic) bond motifs is 1. The third kappa shape index (κ3) is 9.77. The minimum Gasteiger partial charge on any atom is -0.595 e. The van der Waals surface area contributed by atoms with E-state index in [1.807, 2.05) is 31.2 Å². The van der Waals surface area contributed by atoms with Gasteiger partial charge in [-0.15, -0.1) is 0 Å². The number of amides is 2. The molecule has 38 heavy (non-hydrogen) atoms. The van der Waals surface area contributed by atoms with E-state index in [2.05, 4.69) is 27.2 Å². The van der Waals surface area contributed by atoms with Crippen molar-refractivity contribution >= 4 is 46.5 Å². The highest BCUT2D eigenvalue weighted by Crippen LogP contribution is 2.19. The molecule has 0 saturated carbocycles. The summed E-state index contributed by atoms with van der Waals surface area (Å²) in [4.78, 5) is 45.5. The molecule has 0 bridgehead atoms. The van der Waals surface area contributed by atoms with E-state index in [1.165, 1.54) is 25.8 Å². The van der Waals surface area contributed by atoms with Gasteiger partial charge in [0.25, 0.3) is 0 Å². The Morgan fingerprint density at radius 1 is 1.18 bits per heavy atom. The second-order valence-electron chi connectivity index (χ2n) is 9.98. The molecule has 0 saturated heterocycles. The van der Waals surface area contributed by atoms with E-state index in [9.17, 15) is 19.5 Å². The zero-order chi connectivity index (χ0) is 28.5. The van der Waals surface area contributed by atoms with Gasteiger partial charge in [-0.05, 0) is 25.5 Å². The Morgan fingerprint density at radius 2 is 1.87 bits per heavy atom. The lowest BCUT2D eigenvalue weighted by molar-refractivity contribution is -0.260. The second-order valence-corrected chi connectivity index (χ2v) is 11.0. The Hall–Kier alpha value is -3.47. The Bertz CT molecular complexity index is 1170. The number of aromatic amines is 1. The molecule has 0 aliphatic rings. The molecule has 208 valence electrons. The Kier molecular flexibility index (Phi) is 11.2. The maximum atomic E-state index is 13.0. The minimum absolute atomic E-state index is 0.192.